The Labute approximate surface area is 88.7 Å². The van der Waals surface area contributed by atoms with Crippen molar-refractivity contribution in [1.29, 1.82) is 0 Å². The molecule has 0 unspecified atom stereocenters. The third-order valence-corrected chi connectivity index (χ3v) is 2.49. The molecule has 0 aliphatic heterocycles. The second-order valence-corrected chi connectivity index (χ2v) is 4.37. The lowest BCUT2D eigenvalue weighted by molar-refractivity contribution is 0.204. The summed E-state index contributed by atoms with van der Waals surface area (Å²) in [6, 6.07) is 2.20. The van der Waals surface area contributed by atoms with Gasteiger partial charge in [-0.15, -0.1) is 0 Å². The standard InChI is InChI=1S/C10H16N2OS/c1-8(2)11-10(13)12(3)6-9-4-5-14-7-9/h4-5,7-8H,6H2,1-3H3,(H,11,13). The van der Waals surface area contributed by atoms with E-state index in [4.69, 9.17) is 0 Å². The van der Waals surface area contributed by atoms with Crippen LogP contribution in [0.15, 0.2) is 16.8 Å². The number of carbonyl (C=O) groups is 1. The fraction of sp³-hybridized carbons (Fsp3) is 0.500. The van der Waals surface area contributed by atoms with Crippen LogP contribution in [-0.4, -0.2) is 24.0 Å². The minimum absolute atomic E-state index is 0.0220. The highest BCUT2D eigenvalue weighted by Gasteiger charge is 2.09. The number of nitrogens with one attached hydrogen (secondary N) is 1. The Hall–Kier alpha value is -1.03. The van der Waals surface area contributed by atoms with Gasteiger partial charge >= 0.3 is 6.03 Å². The van der Waals surface area contributed by atoms with E-state index < -0.39 is 0 Å². The zero-order chi connectivity index (χ0) is 10.6. The Morgan fingerprint density at radius 2 is 2.36 bits per heavy atom. The second-order valence-electron chi connectivity index (χ2n) is 3.59. The van der Waals surface area contributed by atoms with Crippen molar-refractivity contribution in [2.75, 3.05) is 7.05 Å². The number of hydrogen-bond acceptors (Lipinski definition) is 2. The highest BCUT2D eigenvalue weighted by molar-refractivity contribution is 7.07. The summed E-state index contributed by atoms with van der Waals surface area (Å²) in [5, 5.41) is 6.92. The van der Waals surface area contributed by atoms with Crippen molar-refractivity contribution in [3.05, 3.63) is 22.4 Å². The van der Waals surface area contributed by atoms with Crippen LogP contribution in [0.5, 0.6) is 0 Å². The van der Waals surface area contributed by atoms with E-state index in [0.29, 0.717) is 6.54 Å². The molecule has 0 spiro atoms. The maximum Gasteiger partial charge on any atom is 0.317 e. The van der Waals surface area contributed by atoms with Crippen molar-refractivity contribution in [3.63, 3.8) is 0 Å². The third-order valence-electron chi connectivity index (χ3n) is 1.76. The summed E-state index contributed by atoms with van der Waals surface area (Å²) in [6.45, 7) is 4.58. The molecule has 2 amide bonds. The normalized spacial score (nSPS) is 10.3. The van der Waals surface area contributed by atoms with Gasteiger partial charge in [-0.05, 0) is 36.2 Å². The molecule has 14 heavy (non-hydrogen) atoms. The SMILES string of the molecule is CC(C)NC(=O)N(C)Cc1ccsc1. The molecule has 0 atom stereocenters. The molecule has 4 heteroatoms. The number of thiophene rings is 1. The Morgan fingerprint density at radius 3 is 2.86 bits per heavy atom. The number of urea groups is 1. The van der Waals surface area contributed by atoms with Crippen LogP contribution >= 0.6 is 11.3 Å². The molecular weight excluding hydrogens is 196 g/mol. The van der Waals surface area contributed by atoms with Crippen LogP contribution in [0.25, 0.3) is 0 Å². The Balaban J connectivity index is 2.42. The van der Waals surface area contributed by atoms with E-state index in [-0.39, 0.29) is 12.1 Å². The summed E-state index contributed by atoms with van der Waals surface area (Å²) in [4.78, 5) is 13.2. The highest BCUT2D eigenvalue weighted by Crippen LogP contribution is 2.08. The van der Waals surface area contributed by atoms with Crippen molar-refractivity contribution >= 4 is 17.4 Å². The summed E-state index contributed by atoms with van der Waals surface area (Å²) in [7, 11) is 1.80. The van der Waals surface area contributed by atoms with Gasteiger partial charge in [0.2, 0.25) is 0 Å². The van der Waals surface area contributed by atoms with E-state index in [2.05, 4.69) is 10.7 Å². The molecule has 0 aromatic carbocycles. The molecule has 1 rings (SSSR count). The van der Waals surface area contributed by atoms with Gasteiger partial charge in [0.05, 0.1) is 0 Å². The zero-order valence-corrected chi connectivity index (χ0v) is 9.60. The van der Waals surface area contributed by atoms with Crippen molar-refractivity contribution in [2.45, 2.75) is 26.4 Å². The average molecular weight is 212 g/mol. The van der Waals surface area contributed by atoms with Gasteiger partial charge < -0.3 is 10.2 Å². The largest absolute Gasteiger partial charge is 0.336 e. The molecule has 0 saturated carbocycles. The molecule has 0 saturated heterocycles. The minimum atomic E-state index is -0.0220. The van der Waals surface area contributed by atoms with Crippen LogP contribution < -0.4 is 5.32 Å². The number of amides is 2. The van der Waals surface area contributed by atoms with Crippen LogP contribution in [0, 0.1) is 0 Å². The first-order chi connectivity index (χ1) is 6.59. The lowest BCUT2D eigenvalue weighted by Crippen LogP contribution is -2.40. The number of rotatable bonds is 3. The summed E-state index contributed by atoms with van der Waals surface area (Å²) in [6.07, 6.45) is 0. The number of hydrogen-bond donors (Lipinski definition) is 1. The van der Waals surface area contributed by atoms with Crippen LogP contribution in [0.1, 0.15) is 19.4 Å². The van der Waals surface area contributed by atoms with Gasteiger partial charge in [-0.25, -0.2) is 4.79 Å². The van der Waals surface area contributed by atoms with Crippen molar-refractivity contribution in [2.24, 2.45) is 0 Å². The Kier molecular flexibility index (Phi) is 3.95. The predicted molar refractivity (Wildman–Crippen MR) is 59.5 cm³/mol. The molecule has 1 aromatic rings. The van der Waals surface area contributed by atoms with Gasteiger partial charge in [-0.3, -0.25) is 0 Å². The fourth-order valence-electron chi connectivity index (χ4n) is 1.09. The van der Waals surface area contributed by atoms with Gasteiger partial charge in [-0.2, -0.15) is 11.3 Å². The molecular formula is C10H16N2OS. The summed E-state index contributed by atoms with van der Waals surface area (Å²) in [5.74, 6) is 0. The van der Waals surface area contributed by atoms with Crippen LogP contribution in [0.4, 0.5) is 4.79 Å². The highest BCUT2D eigenvalue weighted by atomic mass is 32.1. The van der Waals surface area contributed by atoms with E-state index in [1.54, 1.807) is 23.3 Å². The first kappa shape index (κ1) is 11.0. The molecule has 1 aromatic heterocycles. The Bertz CT molecular complexity index is 282. The fourth-order valence-corrected chi connectivity index (χ4v) is 1.75. The van der Waals surface area contributed by atoms with E-state index in [9.17, 15) is 4.79 Å². The van der Waals surface area contributed by atoms with Crippen molar-refractivity contribution < 1.29 is 4.79 Å². The lowest BCUT2D eigenvalue weighted by Gasteiger charge is -2.18. The Morgan fingerprint density at radius 1 is 1.64 bits per heavy atom. The smallest absolute Gasteiger partial charge is 0.317 e. The molecule has 0 aliphatic rings. The lowest BCUT2D eigenvalue weighted by atomic mass is 10.3. The summed E-state index contributed by atoms with van der Waals surface area (Å²) >= 11 is 1.65. The summed E-state index contributed by atoms with van der Waals surface area (Å²) in [5.41, 5.74) is 1.18. The third kappa shape index (κ3) is 3.38. The van der Waals surface area contributed by atoms with Gasteiger partial charge in [0.25, 0.3) is 0 Å². The minimum Gasteiger partial charge on any atom is -0.336 e. The van der Waals surface area contributed by atoms with Crippen molar-refractivity contribution in [1.82, 2.24) is 10.2 Å². The van der Waals surface area contributed by atoms with E-state index in [1.807, 2.05) is 25.3 Å². The molecule has 0 aliphatic carbocycles. The van der Waals surface area contributed by atoms with E-state index in [1.165, 1.54) is 5.56 Å². The summed E-state index contributed by atoms with van der Waals surface area (Å²) < 4.78 is 0. The van der Waals surface area contributed by atoms with Gasteiger partial charge in [0, 0.05) is 19.6 Å². The van der Waals surface area contributed by atoms with Crippen LogP contribution in [0.3, 0.4) is 0 Å². The number of carbonyl (C=O) groups excluding carboxylic acids is 1. The second kappa shape index (κ2) is 5.00. The van der Waals surface area contributed by atoms with Crippen LogP contribution in [0.2, 0.25) is 0 Å². The molecule has 0 fully saturated rings. The van der Waals surface area contributed by atoms with E-state index in [0.717, 1.165) is 0 Å². The molecule has 1 N–H and O–H groups in total. The van der Waals surface area contributed by atoms with Gasteiger partial charge in [-0.1, -0.05) is 0 Å². The average Bonchev–Trinajstić information content (AvgIpc) is 2.55. The topological polar surface area (TPSA) is 32.3 Å². The van der Waals surface area contributed by atoms with E-state index >= 15 is 0 Å². The van der Waals surface area contributed by atoms with Crippen LogP contribution in [-0.2, 0) is 6.54 Å². The quantitative estimate of drug-likeness (QED) is 0.819. The predicted octanol–water partition coefficient (Wildman–Crippen LogP) is 2.30. The monoisotopic (exact) mass is 212 g/mol. The molecule has 3 nitrogen and oxygen atoms in total. The maximum atomic E-state index is 11.5. The van der Waals surface area contributed by atoms with Gasteiger partial charge in [0.1, 0.15) is 0 Å². The number of nitrogens with zero attached hydrogens (tertiary/aromatic N) is 1. The first-order valence-electron chi connectivity index (χ1n) is 4.62. The van der Waals surface area contributed by atoms with Crippen molar-refractivity contribution in [3.8, 4) is 0 Å². The first-order valence-corrected chi connectivity index (χ1v) is 5.56. The molecule has 0 bridgehead atoms. The maximum absolute atomic E-state index is 11.5. The zero-order valence-electron chi connectivity index (χ0n) is 8.78. The van der Waals surface area contributed by atoms with Gasteiger partial charge in [0.15, 0.2) is 0 Å². The molecule has 0 radical (unpaired) electrons. The molecule has 1 heterocycles. The molecule has 78 valence electrons.